The number of anilines is 1. The van der Waals surface area contributed by atoms with Crippen molar-refractivity contribution < 1.29 is 14.6 Å². The van der Waals surface area contributed by atoms with Crippen LogP contribution < -0.4 is 4.90 Å². The first-order valence-electron chi connectivity index (χ1n) is 6.15. The summed E-state index contributed by atoms with van der Waals surface area (Å²) in [6, 6.07) is 3.39. The lowest BCUT2D eigenvalue weighted by molar-refractivity contribution is 0.0695. The zero-order valence-corrected chi connectivity index (χ0v) is 10.7. The number of nitrogens with zero attached hydrogens (tertiary/aromatic N) is 2. The molecule has 0 aromatic carbocycles. The molecule has 0 amide bonds. The molecule has 98 valence electrons. The van der Waals surface area contributed by atoms with Gasteiger partial charge in [-0.05, 0) is 32.4 Å². The molecule has 1 aromatic rings. The third kappa shape index (κ3) is 2.79. The third-order valence-corrected chi connectivity index (χ3v) is 3.08. The van der Waals surface area contributed by atoms with Gasteiger partial charge in [0.25, 0.3) is 0 Å². The van der Waals surface area contributed by atoms with Crippen LogP contribution in [0.4, 0.5) is 5.82 Å². The van der Waals surface area contributed by atoms with Gasteiger partial charge in [-0.3, -0.25) is 0 Å². The summed E-state index contributed by atoms with van der Waals surface area (Å²) in [5.41, 5.74) is 0.815. The molecule has 1 N–H and O–H groups in total. The Labute approximate surface area is 106 Å². The molecule has 0 radical (unpaired) electrons. The number of hydrogen-bond donors (Lipinski definition) is 1. The Balaban J connectivity index is 2.22. The van der Waals surface area contributed by atoms with E-state index >= 15 is 0 Å². The minimum absolute atomic E-state index is 0.175. The highest BCUT2D eigenvalue weighted by Gasteiger charge is 2.17. The molecule has 1 aromatic heterocycles. The van der Waals surface area contributed by atoms with Crippen molar-refractivity contribution >= 4 is 11.8 Å². The molecule has 2 rings (SSSR count). The largest absolute Gasteiger partial charge is 0.478 e. The minimum Gasteiger partial charge on any atom is -0.478 e. The minimum atomic E-state index is -0.931. The maximum absolute atomic E-state index is 10.9. The van der Waals surface area contributed by atoms with E-state index in [1.54, 1.807) is 19.1 Å². The van der Waals surface area contributed by atoms with Crippen LogP contribution in [-0.2, 0) is 4.74 Å². The summed E-state index contributed by atoms with van der Waals surface area (Å²) in [5.74, 6) is -0.103. The van der Waals surface area contributed by atoms with Gasteiger partial charge in [0.05, 0.1) is 17.4 Å². The molecule has 5 heteroatoms. The van der Waals surface area contributed by atoms with Crippen LogP contribution in [0.5, 0.6) is 0 Å². The molecule has 1 unspecified atom stereocenters. The van der Waals surface area contributed by atoms with Gasteiger partial charge in [0.15, 0.2) is 0 Å². The lowest BCUT2D eigenvalue weighted by Gasteiger charge is -2.23. The Kier molecular flexibility index (Phi) is 3.81. The normalized spacial score (nSPS) is 20.6. The molecule has 1 aliphatic heterocycles. The van der Waals surface area contributed by atoms with E-state index < -0.39 is 5.97 Å². The third-order valence-electron chi connectivity index (χ3n) is 3.08. The van der Waals surface area contributed by atoms with Gasteiger partial charge in [0, 0.05) is 19.7 Å². The van der Waals surface area contributed by atoms with Crippen LogP contribution in [0.2, 0.25) is 0 Å². The van der Waals surface area contributed by atoms with Crippen LogP contribution in [0.1, 0.15) is 29.4 Å². The van der Waals surface area contributed by atoms with Gasteiger partial charge < -0.3 is 14.7 Å². The van der Waals surface area contributed by atoms with Crippen molar-refractivity contribution in [1.29, 1.82) is 0 Å². The second-order valence-corrected chi connectivity index (χ2v) is 4.59. The van der Waals surface area contributed by atoms with Crippen molar-refractivity contribution in [3.8, 4) is 0 Å². The Morgan fingerprint density at radius 1 is 1.56 bits per heavy atom. The first-order valence-corrected chi connectivity index (χ1v) is 6.15. The van der Waals surface area contributed by atoms with E-state index in [2.05, 4.69) is 9.88 Å². The molecule has 0 bridgehead atoms. The van der Waals surface area contributed by atoms with Crippen molar-refractivity contribution in [3.63, 3.8) is 0 Å². The van der Waals surface area contributed by atoms with Gasteiger partial charge in [0.1, 0.15) is 5.82 Å². The predicted molar refractivity (Wildman–Crippen MR) is 68.2 cm³/mol. The smallest absolute Gasteiger partial charge is 0.337 e. The second-order valence-electron chi connectivity index (χ2n) is 4.59. The Hall–Kier alpha value is -1.62. The van der Waals surface area contributed by atoms with E-state index in [-0.39, 0.29) is 11.7 Å². The number of rotatable bonds is 2. The molecule has 5 nitrogen and oxygen atoms in total. The molecule has 18 heavy (non-hydrogen) atoms. The van der Waals surface area contributed by atoms with Gasteiger partial charge in [-0.2, -0.15) is 0 Å². The number of carboxylic acids is 1. The fourth-order valence-electron chi connectivity index (χ4n) is 2.15. The molecule has 0 aliphatic carbocycles. The molecular weight excluding hydrogens is 232 g/mol. The molecule has 1 fully saturated rings. The van der Waals surface area contributed by atoms with E-state index in [1.165, 1.54) is 0 Å². The van der Waals surface area contributed by atoms with Crippen LogP contribution >= 0.6 is 0 Å². The fraction of sp³-hybridized carbons (Fsp3) is 0.538. The second kappa shape index (κ2) is 5.35. The van der Waals surface area contributed by atoms with Crippen molar-refractivity contribution in [2.75, 3.05) is 24.6 Å². The molecule has 0 spiro atoms. The molecule has 1 atom stereocenters. The van der Waals surface area contributed by atoms with Gasteiger partial charge in [-0.25, -0.2) is 9.78 Å². The summed E-state index contributed by atoms with van der Waals surface area (Å²) in [4.78, 5) is 17.5. The average molecular weight is 250 g/mol. The van der Waals surface area contributed by atoms with Crippen molar-refractivity contribution in [2.45, 2.75) is 26.4 Å². The monoisotopic (exact) mass is 250 g/mol. The number of hydrogen-bond acceptors (Lipinski definition) is 4. The topological polar surface area (TPSA) is 62.7 Å². The summed E-state index contributed by atoms with van der Waals surface area (Å²) in [6.07, 6.45) is 1.14. The van der Waals surface area contributed by atoms with Crippen LogP contribution in [0.15, 0.2) is 12.1 Å². The first kappa shape index (κ1) is 12.8. The van der Waals surface area contributed by atoms with Gasteiger partial charge in [0.2, 0.25) is 0 Å². The van der Waals surface area contributed by atoms with Crippen LogP contribution in [-0.4, -0.2) is 41.9 Å². The van der Waals surface area contributed by atoms with E-state index in [0.29, 0.717) is 5.69 Å². The molecule has 2 heterocycles. The molecule has 0 saturated carbocycles. The van der Waals surface area contributed by atoms with Crippen LogP contribution in [0, 0.1) is 6.92 Å². The number of carbonyl (C=O) groups is 1. The van der Waals surface area contributed by atoms with Crippen molar-refractivity contribution in [2.24, 2.45) is 0 Å². The number of carboxylic acid groups (broad SMARTS) is 1. The van der Waals surface area contributed by atoms with E-state index in [0.717, 1.165) is 31.9 Å². The zero-order chi connectivity index (χ0) is 13.1. The standard InChI is InChI=1S/C13H18N2O3/c1-9-8-15(6-3-7-18-9)12-5-4-11(13(16)17)10(2)14-12/h4-5,9H,3,6-8H2,1-2H3,(H,16,17). The Morgan fingerprint density at radius 3 is 3.00 bits per heavy atom. The Bertz CT molecular complexity index is 448. The number of aryl methyl sites for hydroxylation is 1. The lowest BCUT2D eigenvalue weighted by atomic mass is 10.2. The summed E-state index contributed by atoms with van der Waals surface area (Å²) in [6.45, 7) is 6.22. The number of ether oxygens (including phenoxy) is 1. The lowest BCUT2D eigenvalue weighted by Crippen LogP contribution is -2.31. The quantitative estimate of drug-likeness (QED) is 0.865. The summed E-state index contributed by atoms with van der Waals surface area (Å²) < 4.78 is 5.58. The highest BCUT2D eigenvalue weighted by atomic mass is 16.5. The molecular formula is C13H18N2O3. The van der Waals surface area contributed by atoms with E-state index in [1.807, 2.05) is 6.92 Å². The maximum atomic E-state index is 10.9. The van der Waals surface area contributed by atoms with Gasteiger partial charge in [-0.15, -0.1) is 0 Å². The summed E-state index contributed by atoms with van der Waals surface area (Å²) in [7, 11) is 0. The first-order chi connectivity index (χ1) is 8.58. The van der Waals surface area contributed by atoms with Crippen LogP contribution in [0.3, 0.4) is 0 Å². The maximum Gasteiger partial charge on any atom is 0.337 e. The molecule has 1 aliphatic rings. The van der Waals surface area contributed by atoms with Crippen LogP contribution in [0.25, 0.3) is 0 Å². The SMILES string of the molecule is Cc1nc(N2CCCOC(C)C2)ccc1C(=O)O. The predicted octanol–water partition coefficient (Wildman–Crippen LogP) is 1.70. The molecule has 1 saturated heterocycles. The van der Waals surface area contributed by atoms with E-state index in [4.69, 9.17) is 9.84 Å². The number of aromatic nitrogens is 1. The fourth-order valence-corrected chi connectivity index (χ4v) is 2.15. The average Bonchev–Trinajstić information content (AvgIpc) is 2.53. The van der Waals surface area contributed by atoms with Crippen molar-refractivity contribution in [3.05, 3.63) is 23.4 Å². The number of pyridine rings is 1. The Morgan fingerprint density at radius 2 is 2.33 bits per heavy atom. The van der Waals surface area contributed by atoms with Gasteiger partial charge >= 0.3 is 5.97 Å². The summed E-state index contributed by atoms with van der Waals surface area (Å²) >= 11 is 0. The highest BCUT2D eigenvalue weighted by Crippen LogP contribution is 2.18. The van der Waals surface area contributed by atoms with Crippen molar-refractivity contribution in [1.82, 2.24) is 4.98 Å². The van der Waals surface area contributed by atoms with E-state index in [9.17, 15) is 4.79 Å². The number of aromatic carboxylic acids is 1. The highest BCUT2D eigenvalue weighted by molar-refractivity contribution is 5.89. The van der Waals surface area contributed by atoms with Gasteiger partial charge in [-0.1, -0.05) is 0 Å². The summed E-state index contributed by atoms with van der Waals surface area (Å²) in [5, 5.41) is 8.98. The zero-order valence-electron chi connectivity index (χ0n) is 10.7.